The van der Waals surface area contributed by atoms with Crippen LogP contribution in [0.4, 0.5) is 14.5 Å². The van der Waals surface area contributed by atoms with Gasteiger partial charge in [-0.25, -0.2) is 9.37 Å². The molecule has 0 bridgehead atoms. The Balaban J connectivity index is 1.93. The van der Waals surface area contributed by atoms with E-state index in [1.165, 1.54) is 16.7 Å². The van der Waals surface area contributed by atoms with Crippen molar-refractivity contribution < 1.29 is 18.7 Å². The number of benzene rings is 1. The van der Waals surface area contributed by atoms with Gasteiger partial charge in [-0.3, -0.25) is 19.1 Å². The number of pyridine rings is 3. The second-order valence-corrected chi connectivity index (χ2v) is 11.8. The minimum atomic E-state index is -1.66. The van der Waals surface area contributed by atoms with E-state index in [2.05, 4.69) is 16.5 Å². The third-order valence-electron chi connectivity index (χ3n) is 7.67. The van der Waals surface area contributed by atoms with Crippen LogP contribution in [0.1, 0.15) is 36.6 Å². The molecular formula is C31H25Cl3F2N6O3. The molecule has 1 saturated heterocycles. The van der Waals surface area contributed by atoms with Gasteiger partial charge < -0.3 is 14.9 Å². The van der Waals surface area contributed by atoms with Crippen molar-refractivity contribution in [2.24, 2.45) is 0 Å². The van der Waals surface area contributed by atoms with E-state index in [-0.39, 0.29) is 71.0 Å². The number of aromatic hydroxyl groups is 1. The Bertz CT molecular complexity index is 1990. The number of carbonyl (C=O) groups is 1. The summed E-state index contributed by atoms with van der Waals surface area (Å²) < 4.78 is 30.3. The van der Waals surface area contributed by atoms with E-state index >= 15 is 0 Å². The maximum Gasteiger partial charge on any atom is 0.276 e. The fourth-order valence-corrected chi connectivity index (χ4v) is 6.17. The molecule has 1 amide bonds. The molecule has 1 aliphatic heterocycles. The lowest BCUT2D eigenvalue weighted by Crippen LogP contribution is -2.49. The van der Waals surface area contributed by atoms with Crippen molar-refractivity contribution in [1.29, 1.82) is 5.26 Å². The van der Waals surface area contributed by atoms with Crippen LogP contribution in [-0.2, 0) is 4.79 Å². The van der Waals surface area contributed by atoms with Gasteiger partial charge in [0, 0.05) is 37.8 Å². The Hall–Kier alpha value is -4.24. The Morgan fingerprint density at radius 1 is 1.13 bits per heavy atom. The van der Waals surface area contributed by atoms with Gasteiger partial charge in [0.25, 0.3) is 5.56 Å². The number of phenolic OH excluding ortho intramolecular Hbond substituents is 1. The highest BCUT2D eigenvalue weighted by molar-refractivity contribution is 6.44. The van der Waals surface area contributed by atoms with Gasteiger partial charge in [-0.1, -0.05) is 55.2 Å². The normalized spacial score (nSPS) is 13.4. The molecular weight excluding hydrogens is 649 g/mol. The van der Waals surface area contributed by atoms with Gasteiger partial charge in [-0.2, -0.15) is 9.65 Å². The van der Waals surface area contributed by atoms with E-state index < -0.39 is 38.6 Å². The van der Waals surface area contributed by atoms with E-state index in [0.717, 1.165) is 0 Å². The summed E-state index contributed by atoms with van der Waals surface area (Å²) in [6.45, 7) is 10.2. The van der Waals surface area contributed by atoms with Crippen molar-refractivity contribution in [3.8, 4) is 28.8 Å². The summed E-state index contributed by atoms with van der Waals surface area (Å²) in [6.07, 6.45) is 2.81. The SMILES string of the molecule is C=CC(=O)N1CCN(c2c(C#N)c(=O)n(-c3c(C)ccnc3C(C)C)c3nc(-c4c(O)c(F)c(F)c(Cl)c4Cl)c(Cl)cc23)CC1. The van der Waals surface area contributed by atoms with Crippen LogP contribution in [0.15, 0.2) is 35.8 Å². The monoisotopic (exact) mass is 672 g/mol. The molecule has 0 atom stereocenters. The molecule has 14 heteroatoms. The Morgan fingerprint density at radius 3 is 2.40 bits per heavy atom. The number of hydrogen-bond acceptors (Lipinski definition) is 7. The molecule has 232 valence electrons. The molecule has 0 saturated carbocycles. The molecule has 0 aliphatic carbocycles. The zero-order valence-corrected chi connectivity index (χ0v) is 26.5. The number of nitriles is 1. The predicted octanol–water partition coefficient (Wildman–Crippen LogP) is 6.53. The van der Waals surface area contributed by atoms with Crippen LogP contribution in [0.25, 0.3) is 28.0 Å². The van der Waals surface area contributed by atoms with Gasteiger partial charge in [0.15, 0.2) is 11.6 Å². The first-order valence-corrected chi connectivity index (χ1v) is 14.8. The fourth-order valence-electron chi connectivity index (χ4n) is 5.48. The summed E-state index contributed by atoms with van der Waals surface area (Å²) in [5, 5.41) is 19.8. The number of halogens is 5. The first-order valence-electron chi connectivity index (χ1n) is 13.7. The Morgan fingerprint density at radius 2 is 1.80 bits per heavy atom. The highest BCUT2D eigenvalue weighted by atomic mass is 35.5. The number of amides is 1. The standard InChI is InChI=1S/C31H25Cl3F2N6O3/c1-5-19(43)40-8-10-41(11-9-40)28-16-12-18(32)26(20-21(33)22(34)23(35)24(36)29(20)44)39-30(16)42(31(45)17(28)13-37)27-15(4)6-7-38-25(27)14(2)3/h5-7,12,14,44H,1,8-11H2,2-4H3. The van der Waals surface area contributed by atoms with Crippen LogP contribution < -0.4 is 10.5 Å². The number of nitrogens with zero attached hydrogens (tertiary/aromatic N) is 6. The minimum Gasteiger partial charge on any atom is -0.504 e. The first-order chi connectivity index (χ1) is 21.3. The summed E-state index contributed by atoms with van der Waals surface area (Å²) in [7, 11) is 0. The number of rotatable bonds is 5. The molecule has 1 aromatic carbocycles. The molecule has 45 heavy (non-hydrogen) atoms. The van der Waals surface area contributed by atoms with E-state index in [1.807, 2.05) is 19.9 Å². The molecule has 0 spiro atoms. The number of carbonyl (C=O) groups excluding carboxylic acids is 1. The molecule has 5 rings (SSSR count). The number of fused-ring (bicyclic) bond motifs is 1. The van der Waals surface area contributed by atoms with Crippen LogP contribution in [0.2, 0.25) is 15.1 Å². The van der Waals surface area contributed by atoms with Gasteiger partial charge in [-0.05, 0) is 36.6 Å². The van der Waals surface area contributed by atoms with E-state index in [9.17, 15) is 28.7 Å². The molecule has 4 heterocycles. The molecule has 3 aromatic heterocycles. The highest BCUT2D eigenvalue weighted by Crippen LogP contribution is 2.46. The number of piperazine rings is 1. The minimum absolute atomic E-state index is 0.0210. The summed E-state index contributed by atoms with van der Waals surface area (Å²) in [6, 6.07) is 5.16. The maximum absolute atomic E-state index is 14.7. The third kappa shape index (κ3) is 5.27. The van der Waals surface area contributed by atoms with E-state index in [4.69, 9.17) is 34.8 Å². The number of hydrogen-bond donors (Lipinski definition) is 1. The predicted molar refractivity (Wildman–Crippen MR) is 170 cm³/mol. The van der Waals surface area contributed by atoms with Crippen LogP contribution in [0.3, 0.4) is 0 Å². The van der Waals surface area contributed by atoms with Crippen LogP contribution in [0.5, 0.6) is 5.75 Å². The largest absolute Gasteiger partial charge is 0.504 e. The molecule has 4 aromatic rings. The molecule has 1 fully saturated rings. The zero-order chi connectivity index (χ0) is 32.9. The van der Waals surface area contributed by atoms with Crippen molar-refractivity contribution >= 4 is 57.4 Å². The highest BCUT2D eigenvalue weighted by Gasteiger charge is 2.31. The lowest BCUT2D eigenvalue weighted by atomic mass is 10.0. The molecule has 9 nitrogen and oxygen atoms in total. The van der Waals surface area contributed by atoms with Crippen LogP contribution in [-0.4, -0.2) is 56.6 Å². The summed E-state index contributed by atoms with van der Waals surface area (Å²) in [5.41, 5.74) is 0.0481. The summed E-state index contributed by atoms with van der Waals surface area (Å²) in [5.74, 6) is -4.81. The fraction of sp³-hybridized carbons (Fsp3) is 0.258. The maximum atomic E-state index is 14.7. The average molecular weight is 674 g/mol. The van der Waals surface area contributed by atoms with Crippen molar-refractivity contribution in [3.05, 3.63) is 84.9 Å². The smallest absolute Gasteiger partial charge is 0.276 e. The number of anilines is 1. The molecule has 1 N–H and O–H groups in total. The quantitative estimate of drug-likeness (QED) is 0.146. The third-order valence-corrected chi connectivity index (χ3v) is 8.79. The van der Waals surface area contributed by atoms with Gasteiger partial charge in [0.05, 0.1) is 43.4 Å². The van der Waals surface area contributed by atoms with Crippen molar-refractivity contribution in [2.75, 3.05) is 31.1 Å². The van der Waals surface area contributed by atoms with Crippen molar-refractivity contribution in [2.45, 2.75) is 26.7 Å². The zero-order valence-electron chi connectivity index (χ0n) is 24.3. The molecule has 0 radical (unpaired) electrons. The van der Waals surface area contributed by atoms with Gasteiger partial charge >= 0.3 is 0 Å². The van der Waals surface area contributed by atoms with Crippen molar-refractivity contribution in [3.63, 3.8) is 0 Å². The van der Waals surface area contributed by atoms with Crippen LogP contribution in [0, 0.1) is 29.9 Å². The van der Waals surface area contributed by atoms with Crippen molar-refractivity contribution in [1.82, 2.24) is 19.4 Å². The molecule has 0 unspecified atom stereocenters. The second-order valence-electron chi connectivity index (χ2n) is 10.7. The van der Waals surface area contributed by atoms with E-state index in [0.29, 0.717) is 16.9 Å². The lowest BCUT2D eigenvalue weighted by Gasteiger charge is -2.36. The van der Waals surface area contributed by atoms with E-state index in [1.54, 1.807) is 29.0 Å². The lowest BCUT2D eigenvalue weighted by molar-refractivity contribution is -0.126. The van der Waals surface area contributed by atoms with Gasteiger partial charge in [0.1, 0.15) is 17.3 Å². The Kier molecular flexibility index (Phi) is 8.77. The average Bonchev–Trinajstić information content (AvgIpc) is 3.02. The van der Waals surface area contributed by atoms with Gasteiger partial charge in [-0.15, -0.1) is 0 Å². The summed E-state index contributed by atoms with van der Waals surface area (Å²) >= 11 is 19.0. The number of aryl methyl sites for hydroxylation is 1. The second kappa shape index (κ2) is 12.3. The number of aromatic nitrogens is 3. The topological polar surface area (TPSA) is 115 Å². The van der Waals surface area contributed by atoms with Crippen LogP contribution >= 0.6 is 34.8 Å². The summed E-state index contributed by atoms with van der Waals surface area (Å²) in [4.78, 5) is 39.1. The first kappa shape index (κ1) is 32.2. The Labute approximate surface area is 271 Å². The van der Waals surface area contributed by atoms with Gasteiger partial charge in [0.2, 0.25) is 11.7 Å². The number of phenols is 1. The molecule has 1 aliphatic rings.